The Bertz CT molecular complexity index is 1090. The van der Waals surface area contributed by atoms with Crippen LogP contribution >= 0.6 is 11.3 Å². The number of para-hydroxylation sites is 2. The van der Waals surface area contributed by atoms with E-state index in [1.165, 1.54) is 28.7 Å². The van der Waals surface area contributed by atoms with Crippen LogP contribution in [0.4, 0.5) is 0 Å². The second-order valence-electron chi connectivity index (χ2n) is 6.61. The summed E-state index contributed by atoms with van der Waals surface area (Å²) in [7, 11) is 0. The Morgan fingerprint density at radius 1 is 1.08 bits per heavy atom. The van der Waals surface area contributed by atoms with Gasteiger partial charge in [0.05, 0.1) is 15.7 Å². The number of ether oxygens (including phenoxy) is 1. The van der Waals surface area contributed by atoms with E-state index in [-0.39, 0.29) is 12.5 Å². The normalized spacial score (nSPS) is 13.8. The standard InChI is InChI=1S/C21H18N2O2S/c24-20(13-25-21-22-16-9-3-6-12-19(16)26-21)23-17-10-4-1-7-14(17)15-8-2-5-11-18(15)23/h1,3-4,6-7,9-10,12H,2,5,8,11,13H2. The van der Waals surface area contributed by atoms with E-state index < -0.39 is 0 Å². The van der Waals surface area contributed by atoms with Crippen LogP contribution in [0, 0.1) is 0 Å². The van der Waals surface area contributed by atoms with E-state index in [4.69, 9.17) is 4.74 Å². The number of carbonyl (C=O) groups is 1. The lowest BCUT2D eigenvalue weighted by atomic mass is 9.96. The molecule has 0 unspecified atom stereocenters. The molecule has 0 atom stereocenters. The number of benzene rings is 2. The lowest BCUT2D eigenvalue weighted by Gasteiger charge is -2.15. The molecule has 1 aliphatic carbocycles. The minimum Gasteiger partial charge on any atom is -0.460 e. The van der Waals surface area contributed by atoms with Crippen LogP contribution in [0.2, 0.25) is 0 Å². The van der Waals surface area contributed by atoms with Crippen molar-refractivity contribution in [3.63, 3.8) is 0 Å². The van der Waals surface area contributed by atoms with Gasteiger partial charge in [0, 0.05) is 11.1 Å². The largest absolute Gasteiger partial charge is 0.460 e. The number of rotatable bonds is 3. The second-order valence-corrected chi connectivity index (χ2v) is 7.61. The quantitative estimate of drug-likeness (QED) is 0.523. The van der Waals surface area contributed by atoms with Gasteiger partial charge in [-0.2, -0.15) is 0 Å². The molecule has 1 aliphatic rings. The smallest absolute Gasteiger partial charge is 0.274 e. The maximum Gasteiger partial charge on any atom is 0.274 e. The molecule has 0 fully saturated rings. The van der Waals surface area contributed by atoms with Gasteiger partial charge in [-0.1, -0.05) is 41.7 Å². The van der Waals surface area contributed by atoms with Gasteiger partial charge in [-0.3, -0.25) is 9.36 Å². The molecule has 5 rings (SSSR count). The first-order chi connectivity index (χ1) is 12.8. The molecule has 4 aromatic rings. The lowest BCUT2D eigenvalue weighted by molar-refractivity contribution is 0.0839. The van der Waals surface area contributed by atoms with Crippen molar-refractivity contribution in [2.75, 3.05) is 6.61 Å². The van der Waals surface area contributed by atoms with Crippen molar-refractivity contribution in [3.05, 3.63) is 59.8 Å². The maximum absolute atomic E-state index is 13.0. The summed E-state index contributed by atoms with van der Waals surface area (Å²) in [5.74, 6) is -0.0244. The molecule has 2 heterocycles. The fraction of sp³-hybridized carbons (Fsp3) is 0.238. The average molecular weight is 362 g/mol. The molecular weight excluding hydrogens is 344 g/mol. The fourth-order valence-electron chi connectivity index (χ4n) is 3.88. The third-order valence-electron chi connectivity index (χ3n) is 5.02. The highest BCUT2D eigenvalue weighted by Crippen LogP contribution is 2.32. The molecule has 2 aromatic carbocycles. The summed E-state index contributed by atoms with van der Waals surface area (Å²) in [5.41, 5.74) is 4.40. The van der Waals surface area contributed by atoms with E-state index in [0.29, 0.717) is 5.19 Å². The molecule has 26 heavy (non-hydrogen) atoms. The number of hydrogen-bond donors (Lipinski definition) is 0. The monoisotopic (exact) mass is 362 g/mol. The van der Waals surface area contributed by atoms with E-state index in [9.17, 15) is 4.79 Å². The molecular formula is C21H18N2O2S. The third kappa shape index (κ3) is 2.51. The predicted molar refractivity (Wildman–Crippen MR) is 104 cm³/mol. The van der Waals surface area contributed by atoms with Crippen LogP contribution < -0.4 is 4.74 Å². The predicted octanol–water partition coefficient (Wildman–Crippen LogP) is 4.85. The van der Waals surface area contributed by atoms with Crippen LogP contribution in [-0.4, -0.2) is 22.1 Å². The number of aromatic nitrogens is 2. The molecule has 0 radical (unpaired) electrons. The molecule has 0 saturated heterocycles. The van der Waals surface area contributed by atoms with Gasteiger partial charge in [0.1, 0.15) is 0 Å². The number of aryl methyl sites for hydroxylation is 1. The highest BCUT2D eigenvalue weighted by molar-refractivity contribution is 7.20. The number of thiazole rings is 1. The summed E-state index contributed by atoms with van der Waals surface area (Å²) in [6, 6.07) is 16.1. The van der Waals surface area contributed by atoms with Gasteiger partial charge in [-0.15, -0.1) is 0 Å². The highest BCUT2D eigenvalue weighted by atomic mass is 32.1. The Morgan fingerprint density at radius 2 is 1.88 bits per heavy atom. The first-order valence-corrected chi connectivity index (χ1v) is 9.76. The molecule has 130 valence electrons. The Hall–Kier alpha value is -2.66. The van der Waals surface area contributed by atoms with Gasteiger partial charge in [-0.05, 0) is 49.4 Å². The van der Waals surface area contributed by atoms with Crippen molar-refractivity contribution in [1.29, 1.82) is 0 Å². The summed E-state index contributed by atoms with van der Waals surface area (Å²) in [5, 5.41) is 1.75. The van der Waals surface area contributed by atoms with Crippen LogP contribution in [0.5, 0.6) is 5.19 Å². The van der Waals surface area contributed by atoms with Crippen LogP contribution in [0.15, 0.2) is 48.5 Å². The van der Waals surface area contributed by atoms with Gasteiger partial charge in [0.25, 0.3) is 11.1 Å². The van der Waals surface area contributed by atoms with Crippen molar-refractivity contribution in [2.45, 2.75) is 25.7 Å². The zero-order chi connectivity index (χ0) is 17.5. The summed E-state index contributed by atoms with van der Waals surface area (Å²) in [6.07, 6.45) is 4.33. The van der Waals surface area contributed by atoms with Crippen LogP contribution in [0.3, 0.4) is 0 Å². The van der Waals surface area contributed by atoms with Gasteiger partial charge < -0.3 is 4.74 Å². The summed E-state index contributed by atoms with van der Waals surface area (Å²) in [4.78, 5) is 17.4. The van der Waals surface area contributed by atoms with Gasteiger partial charge >= 0.3 is 0 Å². The SMILES string of the molecule is O=C(COc1nc2ccccc2s1)n1c2c(c3ccccc31)CCCC2. The molecule has 5 heteroatoms. The molecule has 0 bridgehead atoms. The van der Waals surface area contributed by atoms with Crippen molar-refractivity contribution in [2.24, 2.45) is 0 Å². The van der Waals surface area contributed by atoms with Gasteiger partial charge in [-0.25, -0.2) is 4.98 Å². The average Bonchev–Trinajstić information content (AvgIpc) is 3.25. The van der Waals surface area contributed by atoms with Crippen molar-refractivity contribution in [1.82, 2.24) is 9.55 Å². The maximum atomic E-state index is 13.0. The van der Waals surface area contributed by atoms with Crippen LogP contribution in [0.25, 0.3) is 21.1 Å². The first-order valence-electron chi connectivity index (χ1n) is 8.94. The summed E-state index contributed by atoms with van der Waals surface area (Å²) >= 11 is 1.47. The topological polar surface area (TPSA) is 44.1 Å². The highest BCUT2D eigenvalue weighted by Gasteiger charge is 2.23. The van der Waals surface area contributed by atoms with E-state index in [1.807, 2.05) is 47.0 Å². The number of hydrogen-bond acceptors (Lipinski definition) is 4. The number of nitrogens with zero attached hydrogens (tertiary/aromatic N) is 2. The Morgan fingerprint density at radius 3 is 2.81 bits per heavy atom. The third-order valence-corrected chi connectivity index (χ3v) is 5.97. The van der Waals surface area contributed by atoms with Crippen LogP contribution in [0.1, 0.15) is 28.9 Å². The van der Waals surface area contributed by atoms with Gasteiger partial charge in [0.15, 0.2) is 6.61 Å². The molecule has 0 amide bonds. The second kappa shape index (κ2) is 6.25. The van der Waals surface area contributed by atoms with E-state index in [0.717, 1.165) is 40.7 Å². The van der Waals surface area contributed by atoms with Crippen molar-refractivity contribution >= 4 is 38.4 Å². The van der Waals surface area contributed by atoms with Crippen LogP contribution in [-0.2, 0) is 12.8 Å². The van der Waals surface area contributed by atoms with Crippen molar-refractivity contribution in [3.8, 4) is 5.19 Å². The molecule has 0 spiro atoms. The number of carbonyl (C=O) groups excluding carboxylic acids is 1. The van der Waals surface area contributed by atoms with Crippen molar-refractivity contribution < 1.29 is 9.53 Å². The van der Waals surface area contributed by atoms with E-state index in [2.05, 4.69) is 11.1 Å². The Balaban J connectivity index is 1.47. The number of fused-ring (bicyclic) bond motifs is 4. The first kappa shape index (κ1) is 15.6. The molecule has 0 aliphatic heterocycles. The van der Waals surface area contributed by atoms with E-state index >= 15 is 0 Å². The molecule has 4 nitrogen and oxygen atoms in total. The minimum absolute atomic E-state index is 0.00490. The zero-order valence-corrected chi connectivity index (χ0v) is 15.1. The Labute approximate surface area is 155 Å². The molecule has 0 N–H and O–H groups in total. The summed E-state index contributed by atoms with van der Waals surface area (Å²) in [6.45, 7) is 0.00490. The Kier molecular flexibility index (Phi) is 3.75. The molecule has 2 aromatic heterocycles. The summed E-state index contributed by atoms with van der Waals surface area (Å²) < 4.78 is 8.69. The van der Waals surface area contributed by atoms with E-state index in [1.54, 1.807) is 0 Å². The lowest BCUT2D eigenvalue weighted by Crippen LogP contribution is -2.22. The molecule has 0 saturated carbocycles. The fourth-order valence-corrected chi connectivity index (χ4v) is 4.70. The van der Waals surface area contributed by atoms with Gasteiger partial charge in [0.2, 0.25) is 0 Å². The zero-order valence-electron chi connectivity index (χ0n) is 14.3. The minimum atomic E-state index is -0.0244.